The Hall–Kier alpha value is -1.06. The van der Waals surface area contributed by atoms with Gasteiger partial charge in [0.2, 0.25) is 11.8 Å². The molecule has 1 fully saturated rings. The van der Waals surface area contributed by atoms with E-state index in [2.05, 4.69) is 0 Å². The molecule has 0 radical (unpaired) electrons. The molecule has 1 heterocycles. The predicted octanol–water partition coefficient (Wildman–Crippen LogP) is -0.660. The SMILES string of the molecule is CCN1CC(C(N)=O)CC1=O. The van der Waals surface area contributed by atoms with Crippen LogP contribution in [0.5, 0.6) is 0 Å². The maximum atomic E-state index is 11.0. The number of nitrogens with zero attached hydrogens (tertiary/aromatic N) is 1. The lowest BCUT2D eigenvalue weighted by atomic mass is 10.1. The first-order valence-corrected chi connectivity index (χ1v) is 3.72. The lowest BCUT2D eigenvalue weighted by molar-refractivity contribution is -0.128. The molecule has 0 bridgehead atoms. The van der Waals surface area contributed by atoms with Crippen molar-refractivity contribution in [3.63, 3.8) is 0 Å². The van der Waals surface area contributed by atoms with Crippen molar-refractivity contribution in [3.8, 4) is 0 Å². The molecule has 11 heavy (non-hydrogen) atoms. The van der Waals surface area contributed by atoms with Crippen LogP contribution >= 0.6 is 0 Å². The topological polar surface area (TPSA) is 63.4 Å². The van der Waals surface area contributed by atoms with E-state index in [-0.39, 0.29) is 17.7 Å². The molecule has 1 atom stereocenters. The van der Waals surface area contributed by atoms with Gasteiger partial charge < -0.3 is 10.6 Å². The quantitative estimate of drug-likeness (QED) is 0.577. The summed E-state index contributed by atoms with van der Waals surface area (Å²) in [6, 6.07) is 0. The average Bonchev–Trinajstić information content (AvgIpc) is 2.31. The Morgan fingerprint density at radius 3 is 2.73 bits per heavy atom. The van der Waals surface area contributed by atoms with Gasteiger partial charge in [0.1, 0.15) is 0 Å². The van der Waals surface area contributed by atoms with E-state index in [1.165, 1.54) is 0 Å². The number of nitrogens with two attached hydrogens (primary N) is 1. The lowest BCUT2D eigenvalue weighted by Crippen LogP contribution is -2.28. The molecule has 0 aromatic rings. The van der Waals surface area contributed by atoms with Gasteiger partial charge in [0.05, 0.1) is 5.92 Å². The van der Waals surface area contributed by atoms with E-state index in [0.717, 1.165) is 0 Å². The molecular weight excluding hydrogens is 144 g/mol. The summed E-state index contributed by atoms with van der Waals surface area (Å²) in [5, 5.41) is 0. The van der Waals surface area contributed by atoms with Gasteiger partial charge in [0, 0.05) is 19.5 Å². The highest BCUT2D eigenvalue weighted by molar-refractivity contribution is 5.88. The second kappa shape index (κ2) is 2.90. The minimum absolute atomic E-state index is 0.0382. The Bertz CT molecular complexity index is 191. The minimum atomic E-state index is -0.366. The number of carbonyl (C=O) groups is 2. The molecular formula is C7H12N2O2. The molecule has 0 aliphatic carbocycles. The summed E-state index contributed by atoms with van der Waals surface area (Å²) in [5.41, 5.74) is 5.06. The van der Waals surface area contributed by atoms with Crippen molar-refractivity contribution in [1.29, 1.82) is 0 Å². The van der Waals surface area contributed by atoms with Crippen LogP contribution in [0.25, 0.3) is 0 Å². The number of amides is 2. The standard InChI is InChI=1S/C7H12N2O2/c1-2-9-4-5(7(8)11)3-6(9)10/h5H,2-4H2,1H3,(H2,8,11). The van der Waals surface area contributed by atoms with E-state index in [1.54, 1.807) is 4.90 Å². The molecule has 1 rings (SSSR count). The third-order valence-corrected chi connectivity index (χ3v) is 2.00. The first kappa shape index (κ1) is 8.04. The molecule has 62 valence electrons. The van der Waals surface area contributed by atoms with E-state index in [0.29, 0.717) is 19.5 Å². The van der Waals surface area contributed by atoms with Gasteiger partial charge in [-0.1, -0.05) is 0 Å². The molecule has 4 nitrogen and oxygen atoms in total. The fourth-order valence-corrected chi connectivity index (χ4v) is 1.27. The van der Waals surface area contributed by atoms with Gasteiger partial charge in [0.25, 0.3) is 0 Å². The maximum Gasteiger partial charge on any atom is 0.223 e. The summed E-state index contributed by atoms with van der Waals surface area (Å²) in [6.07, 6.45) is 0.295. The summed E-state index contributed by atoms with van der Waals surface area (Å²) in [5.74, 6) is -0.590. The monoisotopic (exact) mass is 156 g/mol. The van der Waals surface area contributed by atoms with Crippen LogP contribution in [0, 0.1) is 5.92 Å². The van der Waals surface area contributed by atoms with Crippen molar-refractivity contribution in [3.05, 3.63) is 0 Å². The van der Waals surface area contributed by atoms with Crippen molar-refractivity contribution >= 4 is 11.8 Å². The van der Waals surface area contributed by atoms with Crippen LogP contribution in [-0.4, -0.2) is 29.8 Å². The van der Waals surface area contributed by atoms with Gasteiger partial charge >= 0.3 is 0 Å². The number of primary amides is 1. The molecule has 1 aliphatic heterocycles. The predicted molar refractivity (Wildman–Crippen MR) is 39.6 cm³/mol. The van der Waals surface area contributed by atoms with Crippen LogP contribution in [0.1, 0.15) is 13.3 Å². The second-order valence-electron chi connectivity index (χ2n) is 2.74. The highest BCUT2D eigenvalue weighted by Gasteiger charge is 2.31. The molecule has 1 aliphatic rings. The first-order chi connectivity index (χ1) is 5.15. The summed E-state index contributed by atoms with van der Waals surface area (Å²) in [7, 11) is 0. The minimum Gasteiger partial charge on any atom is -0.369 e. The second-order valence-corrected chi connectivity index (χ2v) is 2.74. The van der Waals surface area contributed by atoms with Crippen LogP contribution in [0.3, 0.4) is 0 Å². The summed E-state index contributed by atoms with van der Waals surface area (Å²) in [4.78, 5) is 23.3. The largest absolute Gasteiger partial charge is 0.369 e. The van der Waals surface area contributed by atoms with Crippen LogP contribution in [-0.2, 0) is 9.59 Å². The lowest BCUT2D eigenvalue weighted by Gasteiger charge is -2.11. The van der Waals surface area contributed by atoms with Crippen molar-refractivity contribution in [2.75, 3.05) is 13.1 Å². The Morgan fingerprint density at radius 1 is 1.82 bits per heavy atom. The van der Waals surface area contributed by atoms with Crippen molar-refractivity contribution in [1.82, 2.24) is 4.90 Å². The van der Waals surface area contributed by atoms with Crippen LogP contribution < -0.4 is 5.73 Å². The van der Waals surface area contributed by atoms with Crippen LogP contribution in [0.2, 0.25) is 0 Å². The smallest absolute Gasteiger partial charge is 0.223 e. The zero-order valence-electron chi connectivity index (χ0n) is 6.54. The Balaban J connectivity index is 2.56. The fraction of sp³-hybridized carbons (Fsp3) is 0.714. The number of carbonyl (C=O) groups excluding carboxylic acids is 2. The highest BCUT2D eigenvalue weighted by atomic mass is 16.2. The van der Waals surface area contributed by atoms with Crippen LogP contribution in [0.4, 0.5) is 0 Å². The average molecular weight is 156 g/mol. The zero-order valence-corrected chi connectivity index (χ0v) is 6.54. The fourth-order valence-electron chi connectivity index (χ4n) is 1.27. The number of rotatable bonds is 2. The summed E-state index contributed by atoms with van der Waals surface area (Å²) < 4.78 is 0. The molecule has 0 spiro atoms. The van der Waals surface area contributed by atoms with Gasteiger partial charge in [-0.2, -0.15) is 0 Å². The number of hydrogen-bond acceptors (Lipinski definition) is 2. The molecule has 2 amide bonds. The van der Waals surface area contributed by atoms with Crippen molar-refractivity contribution in [2.45, 2.75) is 13.3 Å². The van der Waals surface area contributed by atoms with Gasteiger partial charge in [0.15, 0.2) is 0 Å². The van der Waals surface area contributed by atoms with Gasteiger partial charge in [-0.3, -0.25) is 9.59 Å². The Labute approximate surface area is 65.3 Å². The summed E-state index contributed by atoms with van der Waals surface area (Å²) in [6.45, 7) is 3.06. The molecule has 2 N–H and O–H groups in total. The zero-order chi connectivity index (χ0) is 8.43. The first-order valence-electron chi connectivity index (χ1n) is 3.72. The van der Waals surface area contributed by atoms with E-state index < -0.39 is 0 Å². The molecule has 0 aromatic heterocycles. The molecule has 1 unspecified atom stereocenters. The Morgan fingerprint density at radius 2 is 2.45 bits per heavy atom. The highest BCUT2D eigenvalue weighted by Crippen LogP contribution is 2.16. The van der Waals surface area contributed by atoms with Crippen molar-refractivity contribution < 1.29 is 9.59 Å². The maximum absolute atomic E-state index is 11.0. The van der Waals surface area contributed by atoms with E-state index in [4.69, 9.17) is 5.73 Å². The summed E-state index contributed by atoms with van der Waals surface area (Å²) >= 11 is 0. The van der Waals surface area contributed by atoms with Gasteiger partial charge in [-0.15, -0.1) is 0 Å². The molecule has 4 heteroatoms. The molecule has 0 aromatic carbocycles. The third kappa shape index (κ3) is 1.50. The van der Waals surface area contributed by atoms with E-state index in [1.807, 2.05) is 6.92 Å². The molecule has 1 saturated heterocycles. The van der Waals surface area contributed by atoms with E-state index >= 15 is 0 Å². The van der Waals surface area contributed by atoms with Crippen LogP contribution in [0.15, 0.2) is 0 Å². The van der Waals surface area contributed by atoms with Crippen molar-refractivity contribution in [2.24, 2.45) is 11.7 Å². The van der Waals surface area contributed by atoms with Gasteiger partial charge in [-0.05, 0) is 6.92 Å². The normalized spacial score (nSPS) is 24.3. The van der Waals surface area contributed by atoms with E-state index in [9.17, 15) is 9.59 Å². The number of hydrogen-bond donors (Lipinski definition) is 1. The van der Waals surface area contributed by atoms with Gasteiger partial charge in [-0.25, -0.2) is 0 Å². The Kier molecular flexibility index (Phi) is 2.12. The number of likely N-dealkylation sites (tertiary alicyclic amines) is 1. The third-order valence-electron chi connectivity index (χ3n) is 2.00. The molecule has 0 saturated carbocycles.